The normalized spacial score (nSPS) is 17.4. The van der Waals surface area contributed by atoms with Gasteiger partial charge >= 0.3 is 0 Å². The molecule has 1 amide bonds. The van der Waals surface area contributed by atoms with Gasteiger partial charge in [0, 0.05) is 11.4 Å². The molecule has 0 atom stereocenters. The Morgan fingerprint density at radius 1 is 1.39 bits per heavy atom. The van der Waals surface area contributed by atoms with Gasteiger partial charge in [0.15, 0.2) is 0 Å². The molecule has 2 rings (SSSR count). The summed E-state index contributed by atoms with van der Waals surface area (Å²) in [5.41, 5.74) is 0.860. The summed E-state index contributed by atoms with van der Waals surface area (Å²) in [5, 5.41) is 5.91. The topological polar surface area (TPSA) is 42.0 Å². The first-order chi connectivity index (χ1) is 8.78. The summed E-state index contributed by atoms with van der Waals surface area (Å²) in [7, 11) is 0. The zero-order valence-electron chi connectivity index (χ0n) is 10.5. The molecule has 0 bridgehead atoms. The summed E-state index contributed by atoms with van der Waals surface area (Å²) in [6.07, 6.45) is 7.71. The molecule has 0 aromatic carbocycles. The number of amides is 1. The quantitative estimate of drug-likeness (QED) is 0.682. The molecule has 0 spiro atoms. The molecule has 1 saturated carbocycles. The van der Waals surface area contributed by atoms with Crippen molar-refractivity contribution < 1.29 is 4.79 Å². The van der Waals surface area contributed by atoms with Gasteiger partial charge in [0.2, 0.25) is 5.91 Å². The third kappa shape index (κ3) is 4.25. The van der Waals surface area contributed by atoms with E-state index in [0.29, 0.717) is 18.3 Å². The molecule has 1 N–H and O–H groups in total. The van der Waals surface area contributed by atoms with E-state index in [1.165, 1.54) is 37.0 Å². The summed E-state index contributed by atoms with van der Waals surface area (Å²) in [5.74, 6) is 0.512. The molecule has 1 heterocycles. The van der Waals surface area contributed by atoms with E-state index < -0.39 is 0 Å². The van der Waals surface area contributed by atoms with Crippen molar-refractivity contribution in [1.82, 2.24) is 10.3 Å². The van der Waals surface area contributed by atoms with Crippen LogP contribution in [0.4, 0.5) is 0 Å². The molecule has 1 aliphatic carbocycles. The van der Waals surface area contributed by atoms with Crippen LogP contribution in [0.1, 0.15) is 49.2 Å². The predicted molar refractivity (Wildman–Crippen MR) is 75.0 cm³/mol. The number of alkyl halides is 1. The lowest BCUT2D eigenvalue weighted by molar-refractivity contribution is -0.121. The van der Waals surface area contributed by atoms with Crippen LogP contribution < -0.4 is 5.32 Å². The van der Waals surface area contributed by atoms with Crippen LogP contribution in [0, 0.1) is 0 Å². The summed E-state index contributed by atoms with van der Waals surface area (Å²) in [6.45, 7) is 0. The molecule has 0 aliphatic heterocycles. The maximum absolute atomic E-state index is 11.9. The van der Waals surface area contributed by atoms with Gasteiger partial charge in [-0.3, -0.25) is 4.79 Å². The average Bonchev–Trinajstić information content (AvgIpc) is 2.65. The minimum absolute atomic E-state index is 0.0948. The molecule has 100 valence electrons. The Hall–Kier alpha value is -0.610. The number of halogens is 1. The van der Waals surface area contributed by atoms with Gasteiger partial charge in [0.25, 0.3) is 0 Å². The monoisotopic (exact) mass is 286 g/mol. The molecular formula is C13H19ClN2OS. The summed E-state index contributed by atoms with van der Waals surface area (Å²) in [4.78, 5) is 16.2. The second kappa shape index (κ2) is 7.10. The number of aromatic nitrogens is 1. The Morgan fingerprint density at radius 3 is 2.72 bits per heavy atom. The van der Waals surface area contributed by atoms with Gasteiger partial charge in [0.1, 0.15) is 5.01 Å². The highest BCUT2D eigenvalue weighted by Crippen LogP contribution is 2.17. The van der Waals surface area contributed by atoms with Crippen LogP contribution in [0.25, 0.3) is 0 Å². The van der Waals surface area contributed by atoms with Gasteiger partial charge in [-0.25, -0.2) is 4.98 Å². The Bertz CT molecular complexity index is 386. The van der Waals surface area contributed by atoms with Gasteiger partial charge in [-0.2, -0.15) is 0 Å². The van der Waals surface area contributed by atoms with Crippen molar-refractivity contribution in [2.24, 2.45) is 0 Å². The molecule has 3 nitrogen and oxygen atoms in total. The smallest absolute Gasteiger partial charge is 0.227 e. The third-order valence-corrected chi connectivity index (χ3v) is 4.44. The molecule has 1 aliphatic rings. The Balaban J connectivity index is 1.80. The predicted octanol–water partition coefficient (Wildman–Crippen LogP) is 3.26. The summed E-state index contributed by atoms with van der Waals surface area (Å²) < 4.78 is 0. The average molecular weight is 287 g/mol. The molecule has 0 saturated heterocycles. The molecule has 5 heteroatoms. The zero-order chi connectivity index (χ0) is 12.8. The highest BCUT2D eigenvalue weighted by atomic mass is 35.5. The number of rotatable bonds is 4. The van der Waals surface area contributed by atoms with Gasteiger partial charge < -0.3 is 5.32 Å². The summed E-state index contributed by atoms with van der Waals surface area (Å²) in [6, 6.07) is 0.368. The molecule has 1 aromatic heterocycles. The largest absolute Gasteiger partial charge is 0.353 e. The lowest BCUT2D eigenvalue weighted by atomic mass is 10.1. The van der Waals surface area contributed by atoms with Crippen LogP contribution in [0.5, 0.6) is 0 Å². The van der Waals surface area contributed by atoms with E-state index in [2.05, 4.69) is 10.3 Å². The first-order valence-electron chi connectivity index (χ1n) is 6.56. The number of hydrogen-bond donors (Lipinski definition) is 1. The van der Waals surface area contributed by atoms with E-state index in [4.69, 9.17) is 11.6 Å². The number of nitrogens with zero attached hydrogens (tertiary/aromatic N) is 1. The number of nitrogens with one attached hydrogen (secondary N) is 1. The van der Waals surface area contributed by atoms with Crippen LogP contribution in [-0.4, -0.2) is 16.9 Å². The fraction of sp³-hybridized carbons (Fsp3) is 0.692. The van der Waals surface area contributed by atoms with Gasteiger partial charge in [-0.15, -0.1) is 22.9 Å². The second-order valence-electron chi connectivity index (χ2n) is 4.80. The van der Waals surface area contributed by atoms with Crippen molar-refractivity contribution in [2.75, 3.05) is 0 Å². The lowest BCUT2D eigenvalue weighted by Gasteiger charge is -2.15. The van der Waals surface area contributed by atoms with Crippen LogP contribution >= 0.6 is 22.9 Å². The van der Waals surface area contributed by atoms with Crippen LogP contribution in [-0.2, 0) is 17.1 Å². The van der Waals surface area contributed by atoms with Crippen LogP contribution in [0.15, 0.2) is 5.38 Å². The Labute approximate surface area is 117 Å². The molecule has 0 unspecified atom stereocenters. The van der Waals surface area contributed by atoms with Crippen molar-refractivity contribution in [2.45, 2.75) is 56.9 Å². The van der Waals surface area contributed by atoms with E-state index in [0.717, 1.165) is 23.5 Å². The molecule has 1 aromatic rings. The SMILES string of the molecule is O=C(Cc1nc(CCl)cs1)NC1CCCCCC1. The lowest BCUT2D eigenvalue weighted by Crippen LogP contribution is -2.35. The number of thiazole rings is 1. The molecular weight excluding hydrogens is 268 g/mol. The van der Waals surface area contributed by atoms with E-state index in [1.54, 1.807) is 0 Å². The van der Waals surface area contributed by atoms with Crippen molar-refractivity contribution in [1.29, 1.82) is 0 Å². The first-order valence-corrected chi connectivity index (χ1v) is 7.98. The molecule has 18 heavy (non-hydrogen) atoms. The standard InChI is InChI=1S/C13H19ClN2OS/c14-8-11-9-18-13(16-11)7-12(17)15-10-5-3-1-2-4-6-10/h9-10H,1-8H2,(H,15,17). The van der Waals surface area contributed by atoms with Crippen molar-refractivity contribution in [3.8, 4) is 0 Å². The van der Waals surface area contributed by atoms with Gasteiger partial charge in [-0.1, -0.05) is 25.7 Å². The van der Waals surface area contributed by atoms with Gasteiger partial charge in [-0.05, 0) is 12.8 Å². The van der Waals surface area contributed by atoms with Crippen molar-refractivity contribution in [3.63, 3.8) is 0 Å². The van der Waals surface area contributed by atoms with E-state index in [-0.39, 0.29) is 5.91 Å². The van der Waals surface area contributed by atoms with E-state index in [9.17, 15) is 4.79 Å². The molecule has 1 fully saturated rings. The van der Waals surface area contributed by atoms with E-state index in [1.807, 2.05) is 5.38 Å². The molecule has 0 radical (unpaired) electrons. The Kier molecular flexibility index (Phi) is 5.45. The minimum atomic E-state index is 0.0948. The highest BCUT2D eigenvalue weighted by molar-refractivity contribution is 7.09. The van der Waals surface area contributed by atoms with Crippen molar-refractivity contribution >= 4 is 28.8 Å². The van der Waals surface area contributed by atoms with Gasteiger partial charge in [0.05, 0.1) is 18.0 Å². The van der Waals surface area contributed by atoms with Crippen molar-refractivity contribution in [3.05, 3.63) is 16.1 Å². The second-order valence-corrected chi connectivity index (χ2v) is 6.01. The maximum atomic E-state index is 11.9. The fourth-order valence-corrected chi connectivity index (χ4v) is 3.35. The fourth-order valence-electron chi connectivity index (χ4n) is 2.33. The number of carbonyl (C=O) groups excluding carboxylic acids is 1. The highest BCUT2D eigenvalue weighted by Gasteiger charge is 2.15. The minimum Gasteiger partial charge on any atom is -0.353 e. The first kappa shape index (κ1) is 13.8. The van der Waals surface area contributed by atoms with Crippen LogP contribution in [0.3, 0.4) is 0 Å². The summed E-state index contributed by atoms with van der Waals surface area (Å²) >= 11 is 7.21. The maximum Gasteiger partial charge on any atom is 0.227 e. The number of hydrogen-bond acceptors (Lipinski definition) is 3. The third-order valence-electron chi connectivity index (χ3n) is 3.27. The van der Waals surface area contributed by atoms with Crippen LogP contribution in [0.2, 0.25) is 0 Å². The zero-order valence-corrected chi connectivity index (χ0v) is 12.0. The van der Waals surface area contributed by atoms with E-state index >= 15 is 0 Å². The number of carbonyl (C=O) groups is 1. The Morgan fingerprint density at radius 2 is 2.11 bits per heavy atom.